The van der Waals surface area contributed by atoms with E-state index in [0.717, 1.165) is 73.1 Å². The van der Waals surface area contributed by atoms with E-state index in [4.69, 9.17) is 9.72 Å². The van der Waals surface area contributed by atoms with Crippen LogP contribution < -0.4 is 9.64 Å². The lowest BCUT2D eigenvalue weighted by atomic mass is 10.0. The topological polar surface area (TPSA) is 58.6 Å². The number of rotatable bonds is 8. The largest absolute Gasteiger partial charge is 0.497 e. The van der Waals surface area contributed by atoms with Gasteiger partial charge in [0.25, 0.3) is 5.91 Å². The number of anilines is 1. The van der Waals surface area contributed by atoms with Crippen molar-refractivity contribution in [3.63, 3.8) is 0 Å². The van der Waals surface area contributed by atoms with Gasteiger partial charge in [-0.05, 0) is 68.5 Å². The molecule has 0 radical (unpaired) electrons. The number of unbranched alkanes of at least 4 members (excludes halogenated alkanes) is 1. The summed E-state index contributed by atoms with van der Waals surface area (Å²) in [5.41, 5.74) is 5.43. The molecule has 1 amide bonds. The fourth-order valence-electron chi connectivity index (χ4n) is 4.84. The molecule has 0 atom stereocenters. The molecule has 6 heteroatoms. The predicted molar refractivity (Wildman–Crippen MR) is 145 cm³/mol. The Bertz CT molecular complexity index is 1160. The van der Waals surface area contributed by atoms with Gasteiger partial charge in [-0.15, -0.1) is 0 Å². The molecule has 2 aromatic carbocycles. The number of ether oxygens (including phenoxy) is 1. The minimum Gasteiger partial charge on any atom is -0.497 e. The van der Waals surface area contributed by atoms with Crippen molar-refractivity contribution in [2.24, 2.45) is 0 Å². The normalized spacial score (nSPS) is 14.0. The van der Waals surface area contributed by atoms with Gasteiger partial charge in [-0.3, -0.25) is 4.79 Å². The number of aryl methyl sites for hydroxylation is 3. The maximum Gasteiger partial charge on any atom is 0.253 e. The fourth-order valence-corrected chi connectivity index (χ4v) is 4.84. The molecule has 1 fully saturated rings. The third-order valence-corrected chi connectivity index (χ3v) is 6.95. The number of benzene rings is 2. The zero-order chi connectivity index (χ0) is 25.5. The number of carbonyl (C=O) groups is 1. The molecule has 2 heterocycles. The maximum atomic E-state index is 13.3. The lowest BCUT2D eigenvalue weighted by Gasteiger charge is -2.26. The Morgan fingerprint density at radius 1 is 0.917 bits per heavy atom. The van der Waals surface area contributed by atoms with Crippen LogP contribution in [-0.4, -0.2) is 54.1 Å². The Balaban J connectivity index is 1.48. The van der Waals surface area contributed by atoms with Crippen LogP contribution in [0.15, 0.2) is 48.5 Å². The van der Waals surface area contributed by atoms with Gasteiger partial charge in [-0.2, -0.15) is 0 Å². The molecule has 6 nitrogen and oxygen atoms in total. The minimum atomic E-state index is 0.118. The van der Waals surface area contributed by atoms with Gasteiger partial charge in [0.05, 0.1) is 7.11 Å². The van der Waals surface area contributed by atoms with E-state index in [0.29, 0.717) is 6.54 Å². The summed E-state index contributed by atoms with van der Waals surface area (Å²) < 4.78 is 5.31. The predicted octanol–water partition coefficient (Wildman–Crippen LogP) is 5.39. The fraction of sp³-hybridized carbons (Fsp3) is 0.433. The second-order valence-electron chi connectivity index (χ2n) is 9.62. The monoisotopic (exact) mass is 486 g/mol. The Morgan fingerprint density at radius 2 is 1.64 bits per heavy atom. The Labute approximate surface area is 215 Å². The van der Waals surface area contributed by atoms with Crippen molar-refractivity contribution < 1.29 is 9.53 Å². The van der Waals surface area contributed by atoms with E-state index in [1.54, 1.807) is 7.11 Å². The van der Waals surface area contributed by atoms with E-state index in [9.17, 15) is 4.79 Å². The number of methoxy groups -OCH3 is 1. The van der Waals surface area contributed by atoms with Crippen molar-refractivity contribution in [1.29, 1.82) is 0 Å². The van der Waals surface area contributed by atoms with Gasteiger partial charge in [0.15, 0.2) is 0 Å². The van der Waals surface area contributed by atoms with Crippen molar-refractivity contribution in [3.8, 4) is 5.75 Å². The maximum absolute atomic E-state index is 13.3. The summed E-state index contributed by atoms with van der Waals surface area (Å²) in [6.07, 6.45) is 5.09. The van der Waals surface area contributed by atoms with Crippen LogP contribution in [0.1, 0.15) is 64.8 Å². The second kappa shape index (κ2) is 12.0. The summed E-state index contributed by atoms with van der Waals surface area (Å²) >= 11 is 0. The van der Waals surface area contributed by atoms with Gasteiger partial charge >= 0.3 is 0 Å². The zero-order valence-corrected chi connectivity index (χ0v) is 22.1. The van der Waals surface area contributed by atoms with Gasteiger partial charge in [0, 0.05) is 49.4 Å². The second-order valence-corrected chi connectivity index (χ2v) is 9.62. The molecule has 0 unspecified atom stereocenters. The number of hydrogen-bond donors (Lipinski definition) is 0. The van der Waals surface area contributed by atoms with Crippen LogP contribution in [0.5, 0.6) is 5.75 Å². The first-order valence-electron chi connectivity index (χ1n) is 13.1. The van der Waals surface area contributed by atoms with Crippen LogP contribution >= 0.6 is 0 Å². The summed E-state index contributed by atoms with van der Waals surface area (Å²) in [5, 5.41) is 0. The van der Waals surface area contributed by atoms with Crippen molar-refractivity contribution in [2.45, 2.75) is 52.9 Å². The third kappa shape index (κ3) is 6.23. The quantitative estimate of drug-likeness (QED) is 0.427. The molecule has 1 aliphatic rings. The van der Waals surface area contributed by atoms with Crippen molar-refractivity contribution in [3.05, 3.63) is 82.3 Å². The summed E-state index contributed by atoms with van der Waals surface area (Å²) in [7, 11) is 1.68. The van der Waals surface area contributed by atoms with Crippen LogP contribution in [0, 0.1) is 13.8 Å². The molecule has 1 aromatic heterocycles. The third-order valence-electron chi connectivity index (χ3n) is 6.95. The number of amides is 1. The number of nitrogens with zero attached hydrogens (tertiary/aromatic N) is 4. The van der Waals surface area contributed by atoms with Crippen molar-refractivity contribution in [2.75, 3.05) is 38.2 Å². The van der Waals surface area contributed by atoms with Gasteiger partial charge < -0.3 is 14.5 Å². The number of carbonyl (C=O) groups excluding carboxylic acids is 1. The molecular formula is C30H38N4O2. The van der Waals surface area contributed by atoms with Crippen LogP contribution in [0.4, 0.5) is 5.82 Å². The SMILES string of the molecule is CCCCc1ccc(C(=O)N2CCCN(c3nc(C)nc(C)c3Cc3ccc(OC)cc3)CC2)cc1. The molecule has 3 aromatic rings. The summed E-state index contributed by atoms with van der Waals surface area (Å²) in [4.78, 5) is 27.1. The van der Waals surface area contributed by atoms with Gasteiger partial charge in [0.2, 0.25) is 0 Å². The molecule has 36 heavy (non-hydrogen) atoms. The van der Waals surface area contributed by atoms with Gasteiger partial charge in [-0.1, -0.05) is 37.6 Å². The Hall–Kier alpha value is -3.41. The van der Waals surface area contributed by atoms with Crippen molar-refractivity contribution >= 4 is 11.7 Å². The number of hydrogen-bond acceptors (Lipinski definition) is 5. The van der Waals surface area contributed by atoms with Crippen LogP contribution in [0.3, 0.4) is 0 Å². The lowest BCUT2D eigenvalue weighted by molar-refractivity contribution is 0.0767. The van der Waals surface area contributed by atoms with Gasteiger partial charge in [-0.25, -0.2) is 9.97 Å². The van der Waals surface area contributed by atoms with Crippen molar-refractivity contribution in [1.82, 2.24) is 14.9 Å². The summed E-state index contributed by atoms with van der Waals surface area (Å²) in [5.74, 6) is 2.74. The highest BCUT2D eigenvalue weighted by molar-refractivity contribution is 5.94. The molecule has 0 saturated carbocycles. The lowest BCUT2D eigenvalue weighted by Crippen LogP contribution is -2.35. The number of aromatic nitrogens is 2. The summed E-state index contributed by atoms with van der Waals surface area (Å²) in [6.45, 7) is 9.27. The average molecular weight is 487 g/mol. The molecular weight excluding hydrogens is 448 g/mol. The highest BCUT2D eigenvalue weighted by Gasteiger charge is 2.24. The Kier molecular flexibility index (Phi) is 8.57. The van der Waals surface area contributed by atoms with Crippen LogP contribution in [0.25, 0.3) is 0 Å². The smallest absolute Gasteiger partial charge is 0.253 e. The average Bonchev–Trinajstić information content (AvgIpc) is 3.15. The molecule has 1 saturated heterocycles. The highest BCUT2D eigenvalue weighted by Crippen LogP contribution is 2.26. The van der Waals surface area contributed by atoms with E-state index in [1.165, 1.54) is 24.0 Å². The molecule has 0 aliphatic carbocycles. The first-order chi connectivity index (χ1) is 17.5. The zero-order valence-electron chi connectivity index (χ0n) is 22.1. The molecule has 0 bridgehead atoms. The molecule has 0 spiro atoms. The molecule has 4 rings (SSSR count). The van der Waals surface area contributed by atoms with E-state index in [-0.39, 0.29) is 5.91 Å². The first-order valence-corrected chi connectivity index (χ1v) is 13.1. The van der Waals surface area contributed by atoms with E-state index >= 15 is 0 Å². The van der Waals surface area contributed by atoms with E-state index in [2.05, 4.69) is 48.0 Å². The minimum absolute atomic E-state index is 0.118. The highest BCUT2D eigenvalue weighted by atomic mass is 16.5. The van der Waals surface area contributed by atoms with E-state index < -0.39 is 0 Å². The van der Waals surface area contributed by atoms with Crippen LogP contribution in [0.2, 0.25) is 0 Å². The first kappa shape index (κ1) is 25.7. The molecule has 0 N–H and O–H groups in total. The summed E-state index contributed by atoms with van der Waals surface area (Å²) in [6, 6.07) is 16.4. The van der Waals surface area contributed by atoms with E-state index in [1.807, 2.05) is 36.1 Å². The van der Waals surface area contributed by atoms with Gasteiger partial charge in [0.1, 0.15) is 17.4 Å². The standard InChI is InChI=1S/C30H38N4O2/c1-5-6-8-24-9-13-26(14-10-24)30(35)34-18-7-17-33(19-20-34)29-28(22(2)31-23(3)32-29)21-25-11-15-27(36-4)16-12-25/h9-16H,5-8,17-21H2,1-4H3. The molecule has 190 valence electrons. The molecule has 1 aliphatic heterocycles. The Morgan fingerprint density at radius 3 is 2.33 bits per heavy atom. The van der Waals surface area contributed by atoms with Crippen LogP contribution in [-0.2, 0) is 12.8 Å².